The molecule has 0 aromatic heterocycles. The first-order chi connectivity index (χ1) is 19.4. The number of rotatable bonds is 9. The first kappa shape index (κ1) is 30.4. The first-order valence-electron chi connectivity index (χ1n) is 13.4. The maximum atomic E-state index is 13.3. The fraction of sp³-hybridized carbons (Fsp3) is 0.387. The van der Waals surface area contributed by atoms with E-state index in [1.165, 1.54) is 12.7 Å². The van der Waals surface area contributed by atoms with Gasteiger partial charge in [-0.25, -0.2) is 0 Å². The van der Waals surface area contributed by atoms with Gasteiger partial charge in [0.05, 0.1) is 24.2 Å². The number of carbonyl (C=O) groups is 1. The number of piperidine rings is 1. The molecule has 1 heterocycles. The molecule has 220 valence electrons. The lowest BCUT2D eigenvalue weighted by molar-refractivity contribution is -0.143. The molecule has 0 aliphatic carbocycles. The van der Waals surface area contributed by atoms with E-state index in [1.807, 2.05) is 18.2 Å². The topological polar surface area (TPSA) is 41.6 Å². The van der Waals surface area contributed by atoms with E-state index in [2.05, 4.69) is 22.3 Å². The van der Waals surface area contributed by atoms with Gasteiger partial charge >= 0.3 is 12.4 Å². The van der Waals surface area contributed by atoms with Crippen LogP contribution < -0.4 is 10.1 Å². The van der Waals surface area contributed by atoms with Crippen LogP contribution in [0.4, 0.5) is 26.3 Å². The number of ether oxygens (including phenoxy) is 1. The van der Waals surface area contributed by atoms with Gasteiger partial charge in [0, 0.05) is 6.54 Å². The van der Waals surface area contributed by atoms with Crippen LogP contribution in [0.15, 0.2) is 72.8 Å². The van der Waals surface area contributed by atoms with Gasteiger partial charge in [-0.05, 0) is 91.8 Å². The molecular formula is C31H32F6N2O2. The molecule has 1 unspecified atom stereocenters. The Bertz CT molecular complexity index is 1250. The largest absolute Gasteiger partial charge is 0.497 e. The van der Waals surface area contributed by atoms with Gasteiger partial charge in [-0.1, -0.05) is 42.5 Å². The van der Waals surface area contributed by atoms with Crippen molar-refractivity contribution in [3.05, 3.63) is 101 Å². The zero-order valence-electron chi connectivity index (χ0n) is 22.6. The third kappa shape index (κ3) is 8.25. The molecule has 1 saturated heterocycles. The van der Waals surface area contributed by atoms with Crippen LogP contribution in [0.3, 0.4) is 0 Å². The Labute approximate surface area is 235 Å². The van der Waals surface area contributed by atoms with Crippen molar-refractivity contribution in [2.24, 2.45) is 0 Å². The molecule has 41 heavy (non-hydrogen) atoms. The summed E-state index contributed by atoms with van der Waals surface area (Å²) >= 11 is 0. The summed E-state index contributed by atoms with van der Waals surface area (Å²) in [4.78, 5) is 15.6. The predicted octanol–water partition coefficient (Wildman–Crippen LogP) is 7.40. The van der Waals surface area contributed by atoms with Crippen LogP contribution in [0.5, 0.6) is 5.75 Å². The van der Waals surface area contributed by atoms with Gasteiger partial charge in [0.25, 0.3) is 0 Å². The minimum Gasteiger partial charge on any atom is -0.497 e. The normalized spacial score (nSPS) is 15.9. The van der Waals surface area contributed by atoms with E-state index in [-0.39, 0.29) is 11.6 Å². The first-order valence-corrected chi connectivity index (χ1v) is 13.4. The van der Waals surface area contributed by atoms with E-state index in [0.29, 0.717) is 42.3 Å². The number of hydrogen-bond donors (Lipinski definition) is 1. The average molecular weight is 579 g/mol. The zero-order chi connectivity index (χ0) is 29.6. The van der Waals surface area contributed by atoms with Gasteiger partial charge in [0.1, 0.15) is 5.75 Å². The number of amides is 1. The standard InChI is InChI=1S/C31H32F6N2O2/c1-41-27-9-7-24(8-10-27)28(13-16-39-14-11-23(12-15-39)22-5-3-2-4-6-22)29(40)38-20-21-17-25(30(32,33)34)19-26(18-21)31(35,36)37/h2-10,17-19,23,28H,11-16,20H2,1H3,(H,38,40). The number of carbonyl (C=O) groups excluding carboxylic acids is 1. The smallest absolute Gasteiger partial charge is 0.416 e. The molecule has 1 amide bonds. The molecule has 1 aliphatic rings. The van der Waals surface area contributed by atoms with Gasteiger partial charge < -0.3 is 15.0 Å². The lowest BCUT2D eigenvalue weighted by Crippen LogP contribution is -2.36. The Balaban J connectivity index is 1.45. The molecule has 0 bridgehead atoms. The number of benzene rings is 3. The molecule has 1 fully saturated rings. The molecule has 1 N–H and O–H groups in total. The molecule has 1 aliphatic heterocycles. The summed E-state index contributed by atoms with van der Waals surface area (Å²) < 4.78 is 84.8. The minimum absolute atomic E-state index is 0.0758. The monoisotopic (exact) mass is 578 g/mol. The lowest BCUT2D eigenvalue weighted by Gasteiger charge is -2.33. The van der Waals surface area contributed by atoms with Crippen LogP contribution in [0.2, 0.25) is 0 Å². The van der Waals surface area contributed by atoms with Gasteiger partial charge in [-0.15, -0.1) is 0 Å². The van der Waals surface area contributed by atoms with Crippen LogP contribution in [-0.2, 0) is 23.7 Å². The summed E-state index contributed by atoms with van der Waals surface area (Å²) in [6, 6.07) is 18.6. The second kappa shape index (κ2) is 13.0. The van der Waals surface area contributed by atoms with Crippen molar-refractivity contribution in [1.29, 1.82) is 0 Å². The fourth-order valence-corrected chi connectivity index (χ4v) is 5.25. The number of nitrogens with zero attached hydrogens (tertiary/aromatic N) is 1. The van der Waals surface area contributed by atoms with Gasteiger partial charge in [-0.2, -0.15) is 26.3 Å². The second-order valence-corrected chi connectivity index (χ2v) is 10.3. The summed E-state index contributed by atoms with van der Waals surface area (Å²) in [5.74, 6) is -0.0531. The zero-order valence-corrected chi connectivity index (χ0v) is 22.6. The van der Waals surface area contributed by atoms with Crippen molar-refractivity contribution in [1.82, 2.24) is 10.2 Å². The highest BCUT2D eigenvalue weighted by Crippen LogP contribution is 2.36. The van der Waals surface area contributed by atoms with E-state index in [9.17, 15) is 31.1 Å². The van der Waals surface area contributed by atoms with Gasteiger partial charge in [0.15, 0.2) is 0 Å². The molecule has 4 nitrogen and oxygen atoms in total. The Hall–Kier alpha value is -3.53. The van der Waals surface area contributed by atoms with E-state index in [4.69, 9.17) is 4.74 Å². The Morgan fingerprint density at radius 1 is 0.902 bits per heavy atom. The Kier molecular flexibility index (Phi) is 9.63. The molecule has 3 aromatic carbocycles. The predicted molar refractivity (Wildman–Crippen MR) is 144 cm³/mol. The highest BCUT2D eigenvalue weighted by molar-refractivity contribution is 5.83. The molecule has 0 saturated carbocycles. The summed E-state index contributed by atoms with van der Waals surface area (Å²) in [7, 11) is 1.52. The van der Waals surface area contributed by atoms with Crippen LogP contribution in [-0.4, -0.2) is 37.6 Å². The van der Waals surface area contributed by atoms with Gasteiger partial charge in [-0.3, -0.25) is 4.79 Å². The van der Waals surface area contributed by atoms with Crippen molar-refractivity contribution < 1.29 is 35.9 Å². The van der Waals surface area contributed by atoms with E-state index in [1.54, 1.807) is 24.3 Å². The molecule has 0 spiro atoms. The summed E-state index contributed by atoms with van der Waals surface area (Å²) in [5.41, 5.74) is -1.12. The fourth-order valence-electron chi connectivity index (χ4n) is 5.25. The van der Waals surface area contributed by atoms with Crippen LogP contribution in [0, 0.1) is 0 Å². The number of halogens is 6. The van der Waals surface area contributed by atoms with E-state index < -0.39 is 41.8 Å². The highest BCUT2D eigenvalue weighted by atomic mass is 19.4. The quantitative estimate of drug-likeness (QED) is 0.269. The number of alkyl halides is 6. The Morgan fingerprint density at radius 3 is 2.02 bits per heavy atom. The number of nitrogens with one attached hydrogen (secondary N) is 1. The van der Waals surface area contributed by atoms with Crippen molar-refractivity contribution in [2.45, 2.75) is 50.0 Å². The lowest BCUT2D eigenvalue weighted by atomic mass is 9.89. The minimum atomic E-state index is -4.96. The third-order valence-corrected chi connectivity index (χ3v) is 7.54. The third-order valence-electron chi connectivity index (χ3n) is 7.54. The van der Waals surface area contributed by atoms with Crippen molar-refractivity contribution in [3.8, 4) is 5.75 Å². The Morgan fingerprint density at radius 2 is 1.49 bits per heavy atom. The van der Waals surface area contributed by atoms with Crippen LogP contribution >= 0.6 is 0 Å². The molecule has 10 heteroatoms. The summed E-state index contributed by atoms with van der Waals surface area (Å²) in [6.07, 6.45) is -7.51. The van der Waals surface area contributed by atoms with Crippen molar-refractivity contribution in [3.63, 3.8) is 0 Å². The van der Waals surface area contributed by atoms with Crippen LogP contribution in [0.1, 0.15) is 58.9 Å². The molecule has 3 aromatic rings. The second-order valence-electron chi connectivity index (χ2n) is 10.3. The molecular weight excluding hydrogens is 546 g/mol. The maximum Gasteiger partial charge on any atom is 0.416 e. The summed E-state index contributed by atoms with van der Waals surface area (Å²) in [6.45, 7) is 1.87. The molecule has 1 atom stereocenters. The number of likely N-dealkylation sites (tertiary alicyclic amines) is 1. The van der Waals surface area contributed by atoms with Crippen molar-refractivity contribution in [2.75, 3.05) is 26.7 Å². The van der Waals surface area contributed by atoms with E-state index in [0.717, 1.165) is 25.9 Å². The molecule has 4 rings (SSSR count). The van der Waals surface area contributed by atoms with Gasteiger partial charge in [0.2, 0.25) is 5.91 Å². The SMILES string of the molecule is COc1ccc(C(CCN2CCC(c3ccccc3)CC2)C(=O)NCc2cc(C(F)(F)F)cc(C(F)(F)F)c2)cc1. The van der Waals surface area contributed by atoms with E-state index >= 15 is 0 Å². The van der Waals surface area contributed by atoms with Crippen molar-refractivity contribution >= 4 is 5.91 Å². The number of methoxy groups -OCH3 is 1. The average Bonchev–Trinajstić information content (AvgIpc) is 2.96. The van der Waals surface area contributed by atoms with Crippen LogP contribution in [0.25, 0.3) is 0 Å². The maximum absolute atomic E-state index is 13.3. The highest BCUT2D eigenvalue weighted by Gasteiger charge is 2.37. The molecule has 0 radical (unpaired) electrons. The number of hydrogen-bond acceptors (Lipinski definition) is 3. The summed E-state index contributed by atoms with van der Waals surface area (Å²) in [5, 5.41) is 2.58.